The van der Waals surface area contributed by atoms with E-state index in [9.17, 15) is 0 Å². The van der Waals surface area contributed by atoms with Crippen molar-refractivity contribution in [3.63, 3.8) is 0 Å². The van der Waals surface area contributed by atoms with E-state index in [0.717, 1.165) is 11.4 Å². The first kappa shape index (κ1) is 12.1. The fraction of sp³-hybridized carbons (Fsp3) is 0.143. The predicted molar refractivity (Wildman–Crippen MR) is 71.5 cm³/mol. The van der Waals surface area contributed by atoms with Crippen LogP contribution in [0.25, 0.3) is 0 Å². The third-order valence-electron chi connectivity index (χ3n) is 1.90. The highest BCUT2D eigenvalue weighted by Gasteiger charge is 1.88. The smallest absolute Gasteiger partial charge is 0.0539 e. The fourth-order valence-corrected chi connectivity index (χ4v) is 1.19. The molecule has 0 amide bonds. The van der Waals surface area contributed by atoms with Gasteiger partial charge in [-0.3, -0.25) is 0 Å². The highest BCUT2D eigenvalue weighted by molar-refractivity contribution is 5.51. The molecule has 0 aliphatic rings. The van der Waals surface area contributed by atoms with Gasteiger partial charge in [-0.2, -0.15) is 0 Å². The normalized spacial score (nSPS) is 8.62. The molecule has 0 heterocycles. The molecule has 84 valence electrons. The first-order valence-corrected chi connectivity index (χ1v) is 5.57. The Morgan fingerprint density at radius 1 is 0.562 bits per heavy atom. The van der Waals surface area contributed by atoms with Crippen LogP contribution in [0.15, 0.2) is 60.7 Å². The van der Waals surface area contributed by atoms with E-state index in [1.807, 2.05) is 74.5 Å². The van der Waals surface area contributed by atoms with E-state index >= 15 is 0 Å². The maximum atomic E-state index is 3.11. The Morgan fingerprint density at radius 3 is 1.19 bits per heavy atom. The minimum atomic E-state index is 1.05. The van der Waals surface area contributed by atoms with Crippen molar-refractivity contribution >= 4 is 11.4 Å². The van der Waals surface area contributed by atoms with Gasteiger partial charge in [-0.05, 0) is 24.3 Å². The Balaban J connectivity index is 0.000000606. The molecule has 2 rings (SSSR count). The van der Waals surface area contributed by atoms with Crippen LogP contribution in [0, 0.1) is 0 Å². The number of para-hydroxylation sites is 2. The van der Waals surface area contributed by atoms with Crippen molar-refractivity contribution in [2.45, 2.75) is 13.8 Å². The van der Waals surface area contributed by atoms with Gasteiger partial charge in [0.2, 0.25) is 0 Å². The average molecular weight is 214 g/mol. The quantitative estimate of drug-likeness (QED) is 0.750. The second-order valence-electron chi connectivity index (χ2n) is 2.98. The molecule has 2 aromatic carbocycles. The van der Waals surface area contributed by atoms with Gasteiger partial charge in [0.15, 0.2) is 0 Å². The monoisotopic (exact) mass is 214 g/mol. The molecule has 0 spiro atoms. The number of nitrogens with one attached hydrogen (secondary N) is 2. The van der Waals surface area contributed by atoms with E-state index in [1.165, 1.54) is 0 Å². The maximum absolute atomic E-state index is 3.11. The number of hydrogen-bond donors (Lipinski definition) is 2. The van der Waals surface area contributed by atoms with Crippen LogP contribution in [0.1, 0.15) is 13.8 Å². The lowest BCUT2D eigenvalue weighted by Crippen LogP contribution is -2.07. The fourth-order valence-electron chi connectivity index (χ4n) is 1.19. The Labute approximate surface area is 97.3 Å². The highest BCUT2D eigenvalue weighted by Crippen LogP contribution is 2.08. The maximum Gasteiger partial charge on any atom is 0.0539 e. The molecule has 2 N–H and O–H groups in total. The first-order valence-electron chi connectivity index (χ1n) is 5.57. The first-order chi connectivity index (χ1) is 7.95. The zero-order chi connectivity index (χ0) is 11.6. The number of hydrogen-bond acceptors (Lipinski definition) is 2. The summed E-state index contributed by atoms with van der Waals surface area (Å²) in [6.45, 7) is 4.00. The number of benzene rings is 2. The molecule has 2 aromatic rings. The zero-order valence-corrected chi connectivity index (χ0v) is 9.77. The van der Waals surface area contributed by atoms with E-state index in [2.05, 4.69) is 10.9 Å². The predicted octanol–water partition coefficient (Wildman–Crippen LogP) is 4.15. The summed E-state index contributed by atoms with van der Waals surface area (Å²) in [4.78, 5) is 0. The SMILES string of the molecule is CC.c1ccc(NNc2ccccc2)cc1. The van der Waals surface area contributed by atoms with Gasteiger partial charge in [-0.25, -0.2) is 0 Å². The van der Waals surface area contributed by atoms with Crippen molar-refractivity contribution in [1.82, 2.24) is 0 Å². The molecule has 0 aliphatic heterocycles. The summed E-state index contributed by atoms with van der Waals surface area (Å²) in [5.41, 5.74) is 8.33. The second kappa shape index (κ2) is 7.35. The van der Waals surface area contributed by atoms with Crippen molar-refractivity contribution in [2.75, 3.05) is 10.9 Å². The van der Waals surface area contributed by atoms with Gasteiger partial charge in [-0.1, -0.05) is 50.2 Å². The Kier molecular flexibility index (Phi) is 5.56. The third kappa shape index (κ3) is 4.05. The van der Waals surface area contributed by atoms with E-state index in [1.54, 1.807) is 0 Å². The van der Waals surface area contributed by atoms with Crippen LogP contribution < -0.4 is 10.9 Å². The summed E-state index contributed by atoms with van der Waals surface area (Å²) >= 11 is 0. The molecule has 0 saturated carbocycles. The zero-order valence-electron chi connectivity index (χ0n) is 9.77. The molecular formula is C14H18N2. The average Bonchev–Trinajstić information content (AvgIpc) is 2.41. The van der Waals surface area contributed by atoms with Crippen molar-refractivity contribution in [3.8, 4) is 0 Å². The summed E-state index contributed by atoms with van der Waals surface area (Å²) in [6.07, 6.45) is 0. The number of rotatable bonds is 3. The van der Waals surface area contributed by atoms with Crippen LogP contribution in [0.2, 0.25) is 0 Å². The summed E-state index contributed by atoms with van der Waals surface area (Å²) in [5.74, 6) is 0. The lowest BCUT2D eigenvalue weighted by atomic mass is 10.3. The molecule has 0 atom stereocenters. The van der Waals surface area contributed by atoms with Gasteiger partial charge < -0.3 is 10.9 Å². The van der Waals surface area contributed by atoms with Gasteiger partial charge in [0.05, 0.1) is 11.4 Å². The highest BCUT2D eigenvalue weighted by atomic mass is 15.4. The molecule has 0 saturated heterocycles. The molecule has 0 aromatic heterocycles. The summed E-state index contributed by atoms with van der Waals surface area (Å²) in [7, 11) is 0. The standard InChI is InChI=1S/C12H12N2.C2H6/c1-3-7-11(8-4-1)13-14-12-9-5-2-6-10-12;1-2/h1-10,13-14H;1-2H3. The van der Waals surface area contributed by atoms with E-state index in [0.29, 0.717) is 0 Å². The summed E-state index contributed by atoms with van der Waals surface area (Å²) in [6, 6.07) is 20.0. The third-order valence-corrected chi connectivity index (χ3v) is 1.90. The Bertz CT molecular complexity index is 331. The molecule has 0 aliphatic carbocycles. The molecule has 2 nitrogen and oxygen atoms in total. The molecule has 0 fully saturated rings. The van der Waals surface area contributed by atoms with Gasteiger partial charge in [0.1, 0.15) is 0 Å². The van der Waals surface area contributed by atoms with Crippen LogP contribution in [-0.2, 0) is 0 Å². The number of hydrazine groups is 1. The van der Waals surface area contributed by atoms with Crippen LogP contribution in [0.5, 0.6) is 0 Å². The minimum absolute atomic E-state index is 1.05. The molecular weight excluding hydrogens is 196 g/mol. The van der Waals surface area contributed by atoms with Crippen molar-refractivity contribution < 1.29 is 0 Å². The summed E-state index contributed by atoms with van der Waals surface area (Å²) in [5, 5.41) is 0. The van der Waals surface area contributed by atoms with Gasteiger partial charge in [0.25, 0.3) is 0 Å². The van der Waals surface area contributed by atoms with E-state index in [4.69, 9.17) is 0 Å². The summed E-state index contributed by atoms with van der Waals surface area (Å²) < 4.78 is 0. The van der Waals surface area contributed by atoms with Crippen molar-refractivity contribution in [2.24, 2.45) is 0 Å². The van der Waals surface area contributed by atoms with Crippen LogP contribution in [0.3, 0.4) is 0 Å². The number of anilines is 2. The van der Waals surface area contributed by atoms with E-state index in [-0.39, 0.29) is 0 Å². The largest absolute Gasteiger partial charge is 0.301 e. The van der Waals surface area contributed by atoms with Gasteiger partial charge in [0, 0.05) is 0 Å². The van der Waals surface area contributed by atoms with E-state index < -0.39 is 0 Å². The van der Waals surface area contributed by atoms with Crippen LogP contribution in [-0.4, -0.2) is 0 Å². The Hall–Kier alpha value is -1.96. The molecule has 0 bridgehead atoms. The minimum Gasteiger partial charge on any atom is -0.301 e. The molecule has 16 heavy (non-hydrogen) atoms. The van der Waals surface area contributed by atoms with Crippen LogP contribution in [0.4, 0.5) is 11.4 Å². The lowest BCUT2D eigenvalue weighted by molar-refractivity contribution is 1.41. The lowest BCUT2D eigenvalue weighted by Gasteiger charge is -2.08. The van der Waals surface area contributed by atoms with Crippen molar-refractivity contribution in [3.05, 3.63) is 60.7 Å². The molecule has 0 unspecified atom stereocenters. The van der Waals surface area contributed by atoms with Gasteiger partial charge >= 0.3 is 0 Å². The van der Waals surface area contributed by atoms with Crippen LogP contribution >= 0.6 is 0 Å². The van der Waals surface area contributed by atoms with Crippen molar-refractivity contribution in [1.29, 1.82) is 0 Å². The molecule has 2 heteroatoms. The molecule has 0 radical (unpaired) electrons. The van der Waals surface area contributed by atoms with Gasteiger partial charge in [-0.15, -0.1) is 0 Å². The Morgan fingerprint density at radius 2 is 0.875 bits per heavy atom. The second-order valence-corrected chi connectivity index (χ2v) is 2.98. The topological polar surface area (TPSA) is 24.1 Å².